The first-order valence-corrected chi connectivity index (χ1v) is 6.79. The lowest BCUT2D eigenvalue weighted by atomic mass is 10.0. The van der Waals surface area contributed by atoms with Gasteiger partial charge in [-0.3, -0.25) is 0 Å². The Morgan fingerprint density at radius 3 is 2.50 bits per heavy atom. The quantitative estimate of drug-likeness (QED) is 0.914. The van der Waals surface area contributed by atoms with Crippen LogP contribution in [0.15, 0.2) is 42.5 Å². The van der Waals surface area contributed by atoms with Crippen LogP contribution in [0.3, 0.4) is 0 Å². The molecule has 0 saturated heterocycles. The highest BCUT2D eigenvalue weighted by Gasteiger charge is 2.21. The van der Waals surface area contributed by atoms with Crippen molar-refractivity contribution in [3.63, 3.8) is 0 Å². The second kappa shape index (κ2) is 6.25. The van der Waals surface area contributed by atoms with E-state index in [4.69, 9.17) is 22.1 Å². The predicted octanol–water partition coefficient (Wildman–Crippen LogP) is 4.25. The Bertz CT molecular complexity index is 601. The van der Waals surface area contributed by atoms with Crippen molar-refractivity contribution in [1.29, 1.82) is 0 Å². The summed E-state index contributed by atoms with van der Waals surface area (Å²) in [5, 5.41) is 0.586. The van der Waals surface area contributed by atoms with Crippen LogP contribution in [0, 0.1) is 12.7 Å². The van der Waals surface area contributed by atoms with E-state index in [0.717, 1.165) is 5.56 Å². The summed E-state index contributed by atoms with van der Waals surface area (Å²) in [7, 11) is 0. The third kappa shape index (κ3) is 3.30. The van der Waals surface area contributed by atoms with Gasteiger partial charge in [-0.2, -0.15) is 0 Å². The molecule has 0 fully saturated rings. The summed E-state index contributed by atoms with van der Waals surface area (Å²) in [6.45, 7) is 3.54. The van der Waals surface area contributed by atoms with Crippen LogP contribution in [0.4, 0.5) is 4.39 Å². The van der Waals surface area contributed by atoms with Crippen LogP contribution in [0.2, 0.25) is 5.02 Å². The second-order valence-electron chi connectivity index (χ2n) is 4.83. The zero-order chi connectivity index (χ0) is 14.7. The molecule has 0 aliphatic heterocycles. The monoisotopic (exact) mass is 293 g/mol. The van der Waals surface area contributed by atoms with E-state index in [0.29, 0.717) is 16.3 Å². The summed E-state index contributed by atoms with van der Waals surface area (Å²) in [6.07, 6.45) is -0.425. The molecule has 0 amide bonds. The first kappa shape index (κ1) is 14.8. The number of benzene rings is 2. The normalized spacial score (nSPS) is 13.8. The number of nitrogens with two attached hydrogens (primary N) is 1. The van der Waals surface area contributed by atoms with E-state index in [1.165, 1.54) is 6.07 Å². The average molecular weight is 294 g/mol. The molecule has 4 heteroatoms. The number of hydrogen-bond acceptors (Lipinski definition) is 2. The van der Waals surface area contributed by atoms with E-state index in [1.807, 2.05) is 25.1 Å². The maximum Gasteiger partial charge on any atom is 0.140 e. The van der Waals surface area contributed by atoms with E-state index in [1.54, 1.807) is 25.1 Å². The van der Waals surface area contributed by atoms with Crippen molar-refractivity contribution in [3.8, 4) is 5.75 Å². The highest BCUT2D eigenvalue weighted by atomic mass is 35.5. The van der Waals surface area contributed by atoms with E-state index in [-0.39, 0.29) is 11.9 Å². The van der Waals surface area contributed by atoms with Gasteiger partial charge in [-0.05, 0) is 31.5 Å². The van der Waals surface area contributed by atoms with Crippen LogP contribution in [0.1, 0.15) is 24.2 Å². The van der Waals surface area contributed by atoms with Crippen molar-refractivity contribution in [2.75, 3.05) is 0 Å². The lowest BCUT2D eigenvalue weighted by molar-refractivity contribution is 0.180. The molecule has 2 atom stereocenters. The molecule has 2 N–H and O–H groups in total. The molecular formula is C16H17ClFNO. The third-order valence-corrected chi connectivity index (χ3v) is 3.44. The Morgan fingerprint density at radius 1 is 1.20 bits per heavy atom. The summed E-state index contributed by atoms with van der Waals surface area (Å²) in [6, 6.07) is 11.8. The molecule has 2 aromatic rings. The molecule has 2 aromatic carbocycles. The zero-order valence-corrected chi connectivity index (χ0v) is 12.2. The van der Waals surface area contributed by atoms with Gasteiger partial charge in [-0.25, -0.2) is 4.39 Å². The van der Waals surface area contributed by atoms with Gasteiger partial charge in [0.05, 0.1) is 0 Å². The highest BCUT2D eigenvalue weighted by molar-refractivity contribution is 6.31. The van der Waals surface area contributed by atoms with Crippen LogP contribution < -0.4 is 10.5 Å². The number of ether oxygens (including phenoxy) is 1. The van der Waals surface area contributed by atoms with Gasteiger partial charge in [0.2, 0.25) is 0 Å². The van der Waals surface area contributed by atoms with Crippen molar-refractivity contribution >= 4 is 11.6 Å². The molecule has 0 aliphatic rings. The highest BCUT2D eigenvalue weighted by Crippen LogP contribution is 2.30. The van der Waals surface area contributed by atoms with Gasteiger partial charge in [0.1, 0.15) is 17.7 Å². The molecule has 2 unspecified atom stereocenters. The molecule has 0 bridgehead atoms. The van der Waals surface area contributed by atoms with Crippen LogP contribution in [-0.4, -0.2) is 6.04 Å². The van der Waals surface area contributed by atoms with E-state index >= 15 is 0 Å². The second-order valence-corrected chi connectivity index (χ2v) is 5.24. The van der Waals surface area contributed by atoms with Gasteiger partial charge in [0.25, 0.3) is 0 Å². The fraction of sp³-hybridized carbons (Fsp3) is 0.250. The van der Waals surface area contributed by atoms with E-state index in [9.17, 15) is 4.39 Å². The Kier molecular flexibility index (Phi) is 4.63. The van der Waals surface area contributed by atoms with Crippen molar-refractivity contribution < 1.29 is 9.13 Å². The SMILES string of the molecule is Cc1ccc(OC(c2ccccc2Cl)C(C)N)cc1F. The van der Waals surface area contributed by atoms with Crippen molar-refractivity contribution in [2.45, 2.75) is 26.0 Å². The fourth-order valence-corrected chi connectivity index (χ4v) is 2.20. The van der Waals surface area contributed by atoms with Gasteiger partial charge in [-0.15, -0.1) is 0 Å². The number of hydrogen-bond donors (Lipinski definition) is 1. The maximum absolute atomic E-state index is 13.6. The largest absolute Gasteiger partial charge is 0.484 e. The van der Waals surface area contributed by atoms with E-state index < -0.39 is 6.10 Å². The van der Waals surface area contributed by atoms with Crippen LogP contribution in [0.5, 0.6) is 5.75 Å². The van der Waals surface area contributed by atoms with Gasteiger partial charge in [-0.1, -0.05) is 35.9 Å². The van der Waals surface area contributed by atoms with Gasteiger partial charge in [0.15, 0.2) is 0 Å². The van der Waals surface area contributed by atoms with Crippen molar-refractivity contribution in [2.24, 2.45) is 5.73 Å². The molecule has 0 saturated carbocycles. The van der Waals surface area contributed by atoms with Gasteiger partial charge < -0.3 is 10.5 Å². The minimum atomic E-state index is -0.425. The average Bonchev–Trinajstić information content (AvgIpc) is 2.41. The minimum absolute atomic E-state index is 0.278. The minimum Gasteiger partial charge on any atom is -0.484 e. The standard InChI is InChI=1S/C16H17ClFNO/c1-10-7-8-12(9-15(10)18)20-16(11(2)19)13-5-3-4-6-14(13)17/h3-9,11,16H,19H2,1-2H3. The maximum atomic E-state index is 13.6. The lowest BCUT2D eigenvalue weighted by Crippen LogP contribution is -2.29. The summed E-state index contributed by atoms with van der Waals surface area (Å²) in [5.41, 5.74) is 7.35. The summed E-state index contributed by atoms with van der Waals surface area (Å²) in [5.74, 6) is 0.139. The molecule has 2 nitrogen and oxygen atoms in total. The first-order valence-electron chi connectivity index (χ1n) is 6.42. The smallest absolute Gasteiger partial charge is 0.140 e. The Hall–Kier alpha value is -1.58. The van der Waals surface area contributed by atoms with E-state index in [2.05, 4.69) is 0 Å². The molecule has 0 radical (unpaired) electrons. The van der Waals surface area contributed by atoms with Crippen molar-refractivity contribution in [3.05, 3.63) is 64.4 Å². The van der Waals surface area contributed by atoms with Crippen LogP contribution in [0.25, 0.3) is 0 Å². The number of aryl methyl sites for hydroxylation is 1. The lowest BCUT2D eigenvalue weighted by Gasteiger charge is -2.24. The number of halogens is 2. The molecule has 0 heterocycles. The fourth-order valence-electron chi connectivity index (χ4n) is 1.95. The molecule has 0 aromatic heterocycles. The predicted molar refractivity (Wildman–Crippen MR) is 79.6 cm³/mol. The Morgan fingerprint density at radius 2 is 1.90 bits per heavy atom. The number of rotatable bonds is 4. The van der Waals surface area contributed by atoms with Crippen molar-refractivity contribution in [1.82, 2.24) is 0 Å². The van der Waals surface area contributed by atoms with Crippen LogP contribution >= 0.6 is 11.6 Å². The topological polar surface area (TPSA) is 35.2 Å². The third-order valence-electron chi connectivity index (χ3n) is 3.10. The summed E-state index contributed by atoms with van der Waals surface area (Å²) in [4.78, 5) is 0. The Labute approximate surface area is 123 Å². The molecule has 2 rings (SSSR count). The van der Waals surface area contributed by atoms with Gasteiger partial charge in [0, 0.05) is 22.7 Å². The molecule has 20 heavy (non-hydrogen) atoms. The Balaban J connectivity index is 2.31. The summed E-state index contributed by atoms with van der Waals surface area (Å²) >= 11 is 6.18. The zero-order valence-electron chi connectivity index (χ0n) is 11.4. The first-order chi connectivity index (χ1) is 9.49. The molecular weight excluding hydrogens is 277 g/mol. The molecule has 106 valence electrons. The molecule has 0 aliphatic carbocycles. The summed E-state index contributed by atoms with van der Waals surface area (Å²) < 4.78 is 19.4. The molecule has 0 spiro atoms. The van der Waals surface area contributed by atoms with Gasteiger partial charge >= 0.3 is 0 Å². The van der Waals surface area contributed by atoms with Crippen LogP contribution in [-0.2, 0) is 0 Å².